The maximum atomic E-state index is 13.7. The predicted octanol–water partition coefficient (Wildman–Crippen LogP) is 5.32. The van der Waals surface area contributed by atoms with Gasteiger partial charge in [0.25, 0.3) is 5.91 Å². The molecular formula is C32H29N5O3S3. The summed E-state index contributed by atoms with van der Waals surface area (Å²) < 4.78 is 6.61. The van der Waals surface area contributed by atoms with Crippen LogP contribution in [0.5, 0.6) is 0 Å². The number of hydrogen-bond acceptors (Lipinski definition) is 8. The van der Waals surface area contributed by atoms with Crippen LogP contribution in [0.2, 0.25) is 0 Å². The first-order valence-corrected chi connectivity index (χ1v) is 16.2. The summed E-state index contributed by atoms with van der Waals surface area (Å²) in [5.41, 5.74) is 4.36. The lowest BCUT2D eigenvalue weighted by Crippen LogP contribution is -2.70. The minimum Gasteiger partial charge on any atom is -0.469 e. The first-order chi connectivity index (χ1) is 21.0. The third kappa shape index (κ3) is 6.39. The Morgan fingerprint density at radius 3 is 2.30 bits per heavy atom. The highest BCUT2D eigenvalue weighted by molar-refractivity contribution is 8.01. The van der Waals surface area contributed by atoms with Crippen LogP contribution in [-0.2, 0) is 20.7 Å². The highest BCUT2D eigenvalue weighted by Crippen LogP contribution is 2.45. The topological polar surface area (TPSA) is 100 Å². The number of ether oxygens (including phenoxy) is 1. The second kappa shape index (κ2) is 13.2. The molecule has 4 aromatic rings. The van der Waals surface area contributed by atoms with Crippen molar-refractivity contribution < 1.29 is 14.3 Å². The van der Waals surface area contributed by atoms with Crippen LogP contribution < -0.4 is 5.32 Å². The molecule has 8 nitrogen and oxygen atoms in total. The molecule has 2 aliphatic heterocycles. The van der Waals surface area contributed by atoms with Gasteiger partial charge in [0.15, 0.2) is 0 Å². The molecule has 1 aromatic heterocycles. The Hall–Kier alpha value is -3.93. The molecule has 0 radical (unpaired) electrons. The highest BCUT2D eigenvalue weighted by Gasteiger charge is 2.54. The van der Waals surface area contributed by atoms with Gasteiger partial charge in [-0.1, -0.05) is 103 Å². The van der Waals surface area contributed by atoms with E-state index in [1.807, 2.05) is 91.0 Å². The average molecular weight is 628 g/mol. The van der Waals surface area contributed by atoms with E-state index >= 15 is 0 Å². The number of carbonyl (C=O) groups excluding carboxylic acids is 2. The molecule has 0 saturated carbocycles. The van der Waals surface area contributed by atoms with Crippen molar-refractivity contribution in [2.24, 2.45) is 0 Å². The molecule has 43 heavy (non-hydrogen) atoms. The van der Waals surface area contributed by atoms with E-state index in [0.29, 0.717) is 11.4 Å². The second-order valence-electron chi connectivity index (χ2n) is 10.2. The summed E-state index contributed by atoms with van der Waals surface area (Å²) in [6, 6.07) is 28.7. The van der Waals surface area contributed by atoms with Crippen LogP contribution in [0, 0.1) is 0 Å². The summed E-state index contributed by atoms with van der Waals surface area (Å²) in [7, 11) is 0. The van der Waals surface area contributed by atoms with E-state index in [1.54, 1.807) is 22.9 Å². The number of benzene rings is 3. The van der Waals surface area contributed by atoms with Crippen molar-refractivity contribution >= 4 is 52.6 Å². The molecule has 1 saturated heterocycles. The SMILES string of the molecule is CC(Sc1cn[nH]n1)C1=C(C(=S)OC(c2ccccc2)c2ccccc2)N2C(=O)[C@@H](NC(=O)Cc3ccccc3)[C@H]2SC1. The molecule has 218 valence electrons. The molecule has 6 rings (SSSR count). The van der Waals surface area contributed by atoms with E-state index in [2.05, 4.69) is 27.7 Å². The van der Waals surface area contributed by atoms with E-state index in [-0.39, 0.29) is 33.9 Å². The largest absolute Gasteiger partial charge is 0.469 e. The monoisotopic (exact) mass is 627 g/mol. The van der Waals surface area contributed by atoms with Gasteiger partial charge in [0.2, 0.25) is 11.0 Å². The van der Waals surface area contributed by atoms with Crippen LogP contribution in [-0.4, -0.2) is 59.6 Å². The van der Waals surface area contributed by atoms with Crippen molar-refractivity contribution in [2.75, 3.05) is 5.75 Å². The van der Waals surface area contributed by atoms with Crippen molar-refractivity contribution in [1.82, 2.24) is 25.6 Å². The van der Waals surface area contributed by atoms with Crippen molar-refractivity contribution in [3.05, 3.63) is 125 Å². The number of hydrogen-bond donors (Lipinski definition) is 2. The van der Waals surface area contributed by atoms with Gasteiger partial charge in [0.05, 0.1) is 12.6 Å². The minimum atomic E-state index is -0.641. The maximum absolute atomic E-state index is 13.7. The van der Waals surface area contributed by atoms with Crippen molar-refractivity contribution in [2.45, 2.75) is 41.1 Å². The van der Waals surface area contributed by atoms with Gasteiger partial charge in [-0.15, -0.1) is 16.9 Å². The Morgan fingerprint density at radius 1 is 1.07 bits per heavy atom. The number of β-lactam (4-membered cyclic amide) rings is 1. The van der Waals surface area contributed by atoms with Crippen LogP contribution >= 0.6 is 35.7 Å². The van der Waals surface area contributed by atoms with Gasteiger partial charge in [-0.05, 0) is 41.4 Å². The average Bonchev–Trinajstić information content (AvgIpc) is 3.56. The number of carbonyl (C=O) groups is 2. The standard InChI is InChI=1S/C32H29N5O3S3/c1-20(43-26-18-33-36-35-26)24-19-42-31-27(34-25(38)17-21-11-5-2-6-12-21)30(39)37(31)28(24)32(41)40-29(22-13-7-3-8-14-22)23-15-9-4-10-16-23/h2-16,18,20,27,29,31H,17,19H2,1H3,(H,34,38)(H,33,35,36)/t20?,27-,31-/m1/s1. The van der Waals surface area contributed by atoms with Crippen LogP contribution in [0.4, 0.5) is 0 Å². The lowest BCUT2D eigenvalue weighted by molar-refractivity contribution is -0.145. The van der Waals surface area contributed by atoms with E-state index in [4.69, 9.17) is 17.0 Å². The quantitative estimate of drug-likeness (QED) is 0.139. The van der Waals surface area contributed by atoms with E-state index in [1.165, 1.54) is 11.8 Å². The summed E-state index contributed by atoms with van der Waals surface area (Å²) in [4.78, 5) is 28.3. The zero-order valence-electron chi connectivity index (χ0n) is 23.3. The van der Waals surface area contributed by atoms with Crippen LogP contribution in [0.25, 0.3) is 0 Å². The number of rotatable bonds is 10. The van der Waals surface area contributed by atoms with Gasteiger partial charge in [-0.3, -0.25) is 14.5 Å². The predicted molar refractivity (Wildman–Crippen MR) is 172 cm³/mol. The number of thiocarbonyl (C=S) groups is 1. The molecular weight excluding hydrogens is 599 g/mol. The molecule has 3 aromatic carbocycles. The summed E-state index contributed by atoms with van der Waals surface area (Å²) in [5.74, 6) is 0.223. The van der Waals surface area contributed by atoms with Gasteiger partial charge in [-0.25, -0.2) is 0 Å². The molecule has 2 N–H and O–H groups in total. The maximum Gasteiger partial charge on any atom is 0.253 e. The number of nitrogens with one attached hydrogen (secondary N) is 2. The Morgan fingerprint density at radius 2 is 1.70 bits per heavy atom. The van der Waals surface area contributed by atoms with Crippen molar-refractivity contribution in [1.29, 1.82) is 0 Å². The summed E-state index contributed by atoms with van der Waals surface area (Å²) in [5, 5.41) is 14.4. The van der Waals surface area contributed by atoms with E-state index in [0.717, 1.165) is 27.3 Å². The van der Waals surface area contributed by atoms with Crippen molar-refractivity contribution in [3.63, 3.8) is 0 Å². The molecule has 11 heteroatoms. The number of aromatic amines is 1. The summed E-state index contributed by atoms with van der Waals surface area (Å²) in [6.07, 6.45) is 1.41. The fraction of sp³-hybridized carbons (Fsp3) is 0.219. The molecule has 0 aliphatic carbocycles. The second-order valence-corrected chi connectivity index (χ2v) is 13.0. The zero-order valence-corrected chi connectivity index (χ0v) is 25.7. The Balaban J connectivity index is 1.29. The first kappa shape index (κ1) is 29.2. The first-order valence-electron chi connectivity index (χ1n) is 13.8. The van der Waals surface area contributed by atoms with Crippen LogP contribution in [0.1, 0.15) is 29.7 Å². The fourth-order valence-corrected chi connectivity index (χ4v) is 8.01. The number of amides is 2. The molecule has 3 heterocycles. The molecule has 1 unspecified atom stereocenters. The van der Waals surface area contributed by atoms with Crippen molar-refractivity contribution in [3.8, 4) is 0 Å². The Labute approximate surface area is 263 Å². The number of thioether (sulfide) groups is 2. The third-order valence-electron chi connectivity index (χ3n) is 7.33. The van der Waals surface area contributed by atoms with Gasteiger partial charge < -0.3 is 10.1 Å². The zero-order chi connectivity index (χ0) is 29.8. The number of fused-ring (bicyclic) bond motifs is 1. The van der Waals surface area contributed by atoms with Gasteiger partial charge >= 0.3 is 0 Å². The van der Waals surface area contributed by atoms with E-state index in [9.17, 15) is 9.59 Å². The Kier molecular flexibility index (Phi) is 8.92. The van der Waals surface area contributed by atoms with Crippen LogP contribution in [0.15, 0.2) is 113 Å². The third-order valence-corrected chi connectivity index (χ3v) is 9.99. The molecule has 3 atom stereocenters. The van der Waals surface area contributed by atoms with Gasteiger partial charge in [-0.2, -0.15) is 10.3 Å². The summed E-state index contributed by atoms with van der Waals surface area (Å²) in [6.45, 7) is 2.06. The minimum absolute atomic E-state index is 0.0680. The molecule has 0 spiro atoms. The number of aromatic nitrogens is 3. The molecule has 2 aliphatic rings. The number of nitrogens with zero attached hydrogens (tertiary/aromatic N) is 3. The molecule has 1 fully saturated rings. The lowest BCUT2D eigenvalue weighted by atomic mass is 10.00. The van der Waals surface area contributed by atoms with Gasteiger partial charge in [0.1, 0.15) is 28.2 Å². The van der Waals surface area contributed by atoms with Gasteiger partial charge in [0, 0.05) is 11.0 Å². The Bertz CT molecular complexity index is 1580. The van der Waals surface area contributed by atoms with E-state index < -0.39 is 12.1 Å². The lowest BCUT2D eigenvalue weighted by Gasteiger charge is -2.51. The molecule has 0 bridgehead atoms. The summed E-state index contributed by atoms with van der Waals surface area (Å²) >= 11 is 9.16. The smallest absolute Gasteiger partial charge is 0.253 e. The number of H-pyrrole nitrogens is 1. The normalized spacial score (nSPS) is 18.6. The molecule has 2 amide bonds. The fourth-order valence-electron chi connectivity index (χ4n) is 5.20. The highest BCUT2D eigenvalue weighted by atomic mass is 32.2. The van der Waals surface area contributed by atoms with Crippen LogP contribution in [0.3, 0.4) is 0 Å².